The number of hydrogen-bond acceptors (Lipinski definition) is 3. The first-order valence-corrected chi connectivity index (χ1v) is 4.86. The SMILES string of the molecule is NC(CO)C12CCN(CC1)CC2. The normalized spacial score (nSPS) is 43.0. The number of piperidine rings is 3. The van der Waals surface area contributed by atoms with Crippen molar-refractivity contribution in [2.75, 3.05) is 26.2 Å². The molecule has 70 valence electrons. The molecule has 3 nitrogen and oxygen atoms in total. The molecule has 0 aliphatic carbocycles. The lowest BCUT2D eigenvalue weighted by Crippen LogP contribution is -2.56. The minimum Gasteiger partial charge on any atom is -0.395 e. The van der Waals surface area contributed by atoms with E-state index >= 15 is 0 Å². The lowest BCUT2D eigenvalue weighted by Gasteiger charge is -2.51. The van der Waals surface area contributed by atoms with E-state index in [1.54, 1.807) is 0 Å². The molecule has 0 saturated carbocycles. The Balaban J connectivity index is 2.08. The zero-order chi connectivity index (χ0) is 8.60. The van der Waals surface area contributed by atoms with E-state index in [1.165, 1.54) is 38.9 Å². The van der Waals surface area contributed by atoms with Gasteiger partial charge in [0.1, 0.15) is 0 Å². The second-order valence-electron chi connectivity index (χ2n) is 4.24. The van der Waals surface area contributed by atoms with Crippen LogP contribution in [0.4, 0.5) is 0 Å². The third-order valence-corrected chi connectivity index (χ3v) is 3.76. The first-order valence-electron chi connectivity index (χ1n) is 4.86. The van der Waals surface area contributed by atoms with Gasteiger partial charge in [0, 0.05) is 6.04 Å². The average molecular weight is 170 g/mol. The number of nitrogens with two attached hydrogens (primary N) is 1. The third kappa shape index (κ3) is 1.16. The Morgan fingerprint density at radius 1 is 1.25 bits per heavy atom. The number of fused-ring (bicyclic) bond motifs is 3. The molecule has 12 heavy (non-hydrogen) atoms. The molecule has 3 saturated heterocycles. The Kier molecular flexibility index (Phi) is 2.10. The first kappa shape index (κ1) is 8.48. The maximum absolute atomic E-state index is 9.06. The maximum atomic E-state index is 9.06. The van der Waals surface area contributed by atoms with Gasteiger partial charge in [0.25, 0.3) is 0 Å². The highest BCUT2D eigenvalue weighted by Crippen LogP contribution is 2.41. The Morgan fingerprint density at radius 3 is 2.17 bits per heavy atom. The highest BCUT2D eigenvalue weighted by atomic mass is 16.3. The van der Waals surface area contributed by atoms with Gasteiger partial charge in [-0.15, -0.1) is 0 Å². The maximum Gasteiger partial charge on any atom is 0.0588 e. The summed E-state index contributed by atoms with van der Waals surface area (Å²) >= 11 is 0. The molecule has 3 rings (SSSR count). The third-order valence-electron chi connectivity index (χ3n) is 3.76. The molecule has 0 aromatic heterocycles. The van der Waals surface area contributed by atoms with Crippen molar-refractivity contribution in [1.82, 2.24) is 4.90 Å². The van der Waals surface area contributed by atoms with Crippen molar-refractivity contribution in [2.24, 2.45) is 11.1 Å². The van der Waals surface area contributed by atoms with Crippen molar-refractivity contribution in [1.29, 1.82) is 0 Å². The number of nitrogens with zero attached hydrogens (tertiary/aromatic N) is 1. The van der Waals surface area contributed by atoms with Crippen molar-refractivity contribution in [3.05, 3.63) is 0 Å². The van der Waals surface area contributed by atoms with Gasteiger partial charge in [0.2, 0.25) is 0 Å². The number of aliphatic hydroxyl groups excluding tert-OH is 1. The van der Waals surface area contributed by atoms with E-state index in [1.807, 2.05) is 0 Å². The molecule has 0 spiro atoms. The summed E-state index contributed by atoms with van der Waals surface area (Å²) in [5.41, 5.74) is 6.23. The fraction of sp³-hybridized carbons (Fsp3) is 1.00. The molecule has 3 aliphatic rings. The molecule has 0 radical (unpaired) electrons. The quantitative estimate of drug-likeness (QED) is 0.603. The van der Waals surface area contributed by atoms with E-state index in [2.05, 4.69) is 4.90 Å². The lowest BCUT2D eigenvalue weighted by molar-refractivity contribution is -0.00691. The standard InChI is InChI=1S/C9H18N2O/c10-8(7-12)9-1-4-11(5-2-9)6-3-9/h8,12H,1-7,10H2. The molecule has 3 heterocycles. The summed E-state index contributed by atoms with van der Waals surface area (Å²) in [5, 5.41) is 9.06. The van der Waals surface area contributed by atoms with Gasteiger partial charge in [-0.1, -0.05) is 0 Å². The molecule has 0 aromatic rings. The van der Waals surface area contributed by atoms with Crippen molar-refractivity contribution in [2.45, 2.75) is 25.3 Å². The van der Waals surface area contributed by atoms with E-state index in [4.69, 9.17) is 10.8 Å². The molecule has 1 unspecified atom stereocenters. The summed E-state index contributed by atoms with van der Waals surface area (Å²) in [5.74, 6) is 0. The first-order chi connectivity index (χ1) is 5.77. The number of aliphatic hydroxyl groups is 1. The van der Waals surface area contributed by atoms with Gasteiger partial charge in [-0.05, 0) is 44.3 Å². The number of rotatable bonds is 2. The van der Waals surface area contributed by atoms with E-state index in [-0.39, 0.29) is 18.1 Å². The summed E-state index contributed by atoms with van der Waals surface area (Å²) in [7, 11) is 0. The number of hydrogen-bond donors (Lipinski definition) is 2. The second-order valence-corrected chi connectivity index (χ2v) is 4.24. The highest BCUT2D eigenvalue weighted by Gasteiger charge is 2.43. The lowest BCUT2D eigenvalue weighted by atomic mass is 9.67. The summed E-state index contributed by atoms with van der Waals surface area (Å²) in [4.78, 5) is 2.49. The Bertz CT molecular complexity index is 150. The molecule has 2 bridgehead atoms. The fourth-order valence-corrected chi connectivity index (χ4v) is 2.60. The molecule has 3 heteroatoms. The zero-order valence-corrected chi connectivity index (χ0v) is 7.50. The second kappa shape index (κ2) is 2.98. The molecule has 3 N–H and O–H groups in total. The summed E-state index contributed by atoms with van der Waals surface area (Å²) < 4.78 is 0. The van der Waals surface area contributed by atoms with Crippen LogP contribution in [0.2, 0.25) is 0 Å². The summed E-state index contributed by atoms with van der Waals surface area (Å²) in [6.07, 6.45) is 3.57. The summed E-state index contributed by atoms with van der Waals surface area (Å²) in [6.45, 7) is 3.72. The van der Waals surface area contributed by atoms with Crippen LogP contribution in [0.3, 0.4) is 0 Å². The molecular formula is C9H18N2O. The van der Waals surface area contributed by atoms with E-state index in [0.29, 0.717) is 0 Å². The molecule has 3 fully saturated rings. The van der Waals surface area contributed by atoms with Crippen molar-refractivity contribution >= 4 is 0 Å². The predicted molar refractivity (Wildman–Crippen MR) is 47.8 cm³/mol. The minimum absolute atomic E-state index is 0.0138. The van der Waals surface area contributed by atoms with Crippen molar-refractivity contribution < 1.29 is 5.11 Å². The minimum atomic E-state index is 0.0138. The van der Waals surface area contributed by atoms with Crippen LogP contribution in [-0.2, 0) is 0 Å². The zero-order valence-electron chi connectivity index (χ0n) is 7.50. The van der Waals surface area contributed by atoms with Crippen LogP contribution in [0.25, 0.3) is 0 Å². The Morgan fingerprint density at radius 2 is 1.75 bits per heavy atom. The van der Waals surface area contributed by atoms with E-state index < -0.39 is 0 Å². The van der Waals surface area contributed by atoms with Crippen LogP contribution in [0, 0.1) is 5.41 Å². The molecule has 0 aromatic carbocycles. The van der Waals surface area contributed by atoms with E-state index in [9.17, 15) is 0 Å². The molecule has 1 atom stereocenters. The predicted octanol–water partition coefficient (Wildman–Crippen LogP) is -0.208. The van der Waals surface area contributed by atoms with Crippen LogP contribution < -0.4 is 5.73 Å². The van der Waals surface area contributed by atoms with Crippen molar-refractivity contribution in [3.63, 3.8) is 0 Å². The molecule has 0 amide bonds. The van der Waals surface area contributed by atoms with Gasteiger partial charge in [-0.3, -0.25) is 0 Å². The van der Waals surface area contributed by atoms with Gasteiger partial charge >= 0.3 is 0 Å². The van der Waals surface area contributed by atoms with Crippen LogP contribution in [0.1, 0.15) is 19.3 Å². The van der Waals surface area contributed by atoms with Crippen LogP contribution >= 0.6 is 0 Å². The smallest absolute Gasteiger partial charge is 0.0588 e. The topological polar surface area (TPSA) is 49.5 Å². The van der Waals surface area contributed by atoms with Crippen LogP contribution in [0.5, 0.6) is 0 Å². The van der Waals surface area contributed by atoms with Gasteiger partial charge < -0.3 is 15.7 Å². The van der Waals surface area contributed by atoms with Gasteiger partial charge in [-0.2, -0.15) is 0 Å². The molecular weight excluding hydrogens is 152 g/mol. The highest BCUT2D eigenvalue weighted by molar-refractivity contribution is 4.97. The van der Waals surface area contributed by atoms with Gasteiger partial charge in [-0.25, -0.2) is 0 Å². The van der Waals surface area contributed by atoms with E-state index in [0.717, 1.165) is 0 Å². The fourth-order valence-electron chi connectivity index (χ4n) is 2.60. The van der Waals surface area contributed by atoms with Crippen LogP contribution in [0.15, 0.2) is 0 Å². The van der Waals surface area contributed by atoms with Gasteiger partial charge in [0.05, 0.1) is 6.61 Å². The van der Waals surface area contributed by atoms with Crippen molar-refractivity contribution in [3.8, 4) is 0 Å². The monoisotopic (exact) mass is 170 g/mol. The average Bonchev–Trinajstić information content (AvgIpc) is 2.19. The largest absolute Gasteiger partial charge is 0.395 e. The molecule has 3 aliphatic heterocycles. The Hall–Kier alpha value is -0.120. The van der Waals surface area contributed by atoms with Crippen LogP contribution in [-0.4, -0.2) is 42.3 Å². The van der Waals surface area contributed by atoms with Gasteiger partial charge in [0.15, 0.2) is 0 Å². The summed E-state index contributed by atoms with van der Waals surface area (Å²) in [6, 6.07) is 0.0138. The Labute approximate surface area is 73.5 Å².